The molecule has 0 bridgehead atoms. The molecule has 3 heteroatoms. The van der Waals surface area contributed by atoms with Crippen molar-refractivity contribution in [3.63, 3.8) is 0 Å². The van der Waals surface area contributed by atoms with Gasteiger partial charge in [0.1, 0.15) is 0 Å². The van der Waals surface area contributed by atoms with Gasteiger partial charge in [-0.15, -0.1) is 13.2 Å². The molecule has 0 aromatic carbocycles. The number of rotatable bonds is 4. The van der Waals surface area contributed by atoms with Crippen molar-refractivity contribution in [2.45, 2.75) is 51.7 Å². The molecule has 0 aliphatic carbocycles. The molecule has 1 rings (SSSR count). The fourth-order valence-corrected chi connectivity index (χ4v) is 1.42. The summed E-state index contributed by atoms with van der Waals surface area (Å²) < 4.78 is 11.7. The average Bonchev–Trinajstić information content (AvgIpc) is 2.32. The van der Waals surface area contributed by atoms with Gasteiger partial charge in [-0.1, -0.05) is 6.08 Å². The largest absolute Gasteiger partial charge is 0.489 e. The Hall–Kier alpha value is -0.535. The summed E-state index contributed by atoms with van der Waals surface area (Å²) in [5.74, 6) is 0. The van der Waals surface area contributed by atoms with Crippen LogP contribution in [0.1, 0.15) is 40.5 Å². The Labute approximate surface area is 93.5 Å². The third-order valence-electron chi connectivity index (χ3n) is 3.26. The van der Waals surface area contributed by atoms with Gasteiger partial charge in [-0.25, -0.2) is 0 Å². The van der Waals surface area contributed by atoms with Crippen molar-refractivity contribution >= 4 is 7.12 Å². The average molecular weight is 208 g/mol. The van der Waals surface area contributed by atoms with E-state index in [1.54, 1.807) is 0 Å². The van der Waals surface area contributed by atoms with Gasteiger partial charge in [-0.2, -0.15) is 0 Å². The minimum Gasteiger partial charge on any atom is -0.400 e. The third kappa shape index (κ3) is 2.53. The lowest BCUT2D eigenvalue weighted by Crippen LogP contribution is -2.41. The summed E-state index contributed by atoms with van der Waals surface area (Å²) in [5.41, 5.74) is 0.456. The first kappa shape index (κ1) is 12.5. The van der Waals surface area contributed by atoms with Crippen molar-refractivity contribution in [3.05, 3.63) is 24.7 Å². The summed E-state index contributed by atoms with van der Waals surface area (Å²) in [6.07, 6.45) is 3.68. The monoisotopic (exact) mass is 208 g/mol. The minimum absolute atomic E-state index is 0.269. The predicted molar refractivity (Wildman–Crippen MR) is 64.7 cm³/mol. The van der Waals surface area contributed by atoms with Crippen LogP contribution in [0.25, 0.3) is 0 Å². The van der Waals surface area contributed by atoms with Crippen molar-refractivity contribution in [2.24, 2.45) is 0 Å². The topological polar surface area (TPSA) is 18.5 Å². The standard InChI is InChI=1S/C12H21BO2/c1-7-8-9-10(2)13-14-11(3,4)12(5,6)15-13/h7H,1-2,8-9H2,3-6H3. The maximum Gasteiger partial charge on any atom is 0.489 e. The highest BCUT2D eigenvalue weighted by molar-refractivity contribution is 6.54. The predicted octanol–water partition coefficient (Wildman–Crippen LogP) is 3.14. The molecule has 0 aromatic heterocycles. The minimum atomic E-state index is -0.269. The zero-order valence-corrected chi connectivity index (χ0v) is 10.3. The molecule has 0 N–H and O–H groups in total. The second-order valence-corrected chi connectivity index (χ2v) is 5.07. The number of allylic oxidation sites excluding steroid dienone is 2. The molecular formula is C12H21BO2. The van der Waals surface area contributed by atoms with Crippen molar-refractivity contribution < 1.29 is 9.31 Å². The van der Waals surface area contributed by atoms with Crippen LogP contribution in [0.3, 0.4) is 0 Å². The van der Waals surface area contributed by atoms with Crippen LogP contribution in [0.5, 0.6) is 0 Å². The van der Waals surface area contributed by atoms with E-state index in [0.29, 0.717) is 0 Å². The van der Waals surface area contributed by atoms with Crippen molar-refractivity contribution in [1.82, 2.24) is 0 Å². The molecule has 1 heterocycles. The van der Waals surface area contributed by atoms with E-state index in [1.165, 1.54) is 0 Å². The van der Waals surface area contributed by atoms with Gasteiger partial charge in [0.05, 0.1) is 11.2 Å². The Morgan fingerprint density at radius 3 is 2.07 bits per heavy atom. The van der Waals surface area contributed by atoms with Gasteiger partial charge in [0, 0.05) is 0 Å². The van der Waals surface area contributed by atoms with Crippen LogP contribution in [0.2, 0.25) is 0 Å². The molecule has 1 aliphatic heterocycles. The SMILES string of the molecule is C=CCCC(=C)B1OC(C)(C)C(C)(C)O1. The van der Waals surface area contributed by atoms with E-state index in [-0.39, 0.29) is 18.3 Å². The molecule has 0 saturated carbocycles. The number of hydrogen-bond donors (Lipinski definition) is 0. The molecular weight excluding hydrogens is 187 g/mol. The van der Waals surface area contributed by atoms with Gasteiger partial charge in [-0.05, 0) is 46.0 Å². The van der Waals surface area contributed by atoms with Gasteiger partial charge in [0.15, 0.2) is 0 Å². The lowest BCUT2D eigenvalue weighted by molar-refractivity contribution is 0.00578. The molecule has 1 fully saturated rings. The summed E-state index contributed by atoms with van der Waals surface area (Å²) in [6.45, 7) is 15.9. The highest BCUT2D eigenvalue weighted by Gasteiger charge is 2.51. The summed E-state index contributed by atoms with van der Waals surface area (Å²) in [6, 6.07) is 0. The van der Waals surface area contributed by atoms with E-state index in [0.717, 1.165) is 18.3 Å². The molecule has 0 amide bonds. The first-order valence-corrected chi connectivity index (χ1v) is 5.44. The number of hydrogen-bond acceptors (Lipinski definition) is 2. The fourth-order valence-electron chi connectivity index (χ4n) is 1.42. The van der Waals surface area contributed by atoms with Crippen LogP contribution >= 0.6 is 0 Å². The molecule has 0 unspecified atom stereocenters. The van der Waals surface area contributed by atoms with Gasteiger partial charge >= 0.3 is 7.12 Å². The van der Waals surface area contributed by atoms with Gasteiger partial charge in [0.2, 0.25) is 0 Å². The molecule has 2 nitrogen and oxygen atoms in total. The Morgan fingerprint density at radius 2 is 1.67 bits per heavy atom. The Morgan fingerprint density at radius 1 is 1.20 bits per heavy atom. The zero-order valence-electron chi connectivity index (χ0n) is 10.3. The third-order valence-corrected chi connectivity index (χ3v) is 3.26. The van der Waals surface area contributed by atoms with Crippen LogP contribution in [0, 0.1) is 0 Å². The fraction of sp³-hybridized carbons (Fsp3) is 0.667. The first-order valence-electron chi connectivity index (χ1n) is 5.44. The molecule has 1 saturated heterocycles. The Kier molecular flexibility index (Phi) is 3.46. The van der Waals surface area contributed by atoms with Crippen molar-refractivity contribution in [3.8, 4) is 0 Å². The van der Waals surface area contributed by atoms with E-state index < -0.39 is 0 Å². The second-order valence-electron chi connectivity index (χ2n) is 5.07. The highest BCUT2D eigenvalue weighted by atomic mass is 16.7. The smallest absolute Gasteiger partial charge is 0.400 e. The molecule has 84 valence electrons. The normalized spacial score (nSPS) is 22.8. The van der Waals surface area contributed by atoms with Crippen molar-refractivity contribution in [2.75, 3.05) is 0 Å². The molecule has 0 aromatic rings. The molecule has 0 radical (unpaired) electrons. The van der Waals surface area contributed by atoms with Crippen LogP contribution in [0.15, 0.2) is 24.7 Å². The quantitative estimate of drug-likeness (QED) is 0.521. The molecule has 1 aliphatic rings. The maximum absolute atomic E-state index is 5.87. The van der Waals surface area contributed by atoms with Crippen LogP contribution in [-0.4, -0.2) is 18.3 Å². The van der Waals surface area contributed by atoms with E-state index in [2.05, 4.69) is 13.2 Å². The van der Waals surface area contributed by atoms with Gasteiger partial charge in [0.25, 0.3) is 0 Å². The van der Waals surface area contributed by atoms with Gasteiger partial charge in [-0.3, -0.25) is 0 Å². The second kappa shape index (κ2) is 4.15. The maximum atomic E-state index is 5.87. The summed E-state index contributed by atoms with van der Waals surface area (Å²) in [4.78, 5) is 0. The first-order chi connectivity index (χ1) is 6.80. The zero-order chi connectivity index (χ0) is 11.7. The van der Waals surface area contributed by atoms with E-state index in [9.17, 15) is 0 Å². The Balaban J connectivity index is 2.62. The van der Waals surface area contributed by atoms with Crippen molar-refractivity contribution in [1.29, 1.82) is 0 Å². The van der Waals surface area contributed by atoms with Crippen LogP contribution < -0.4 is 0 Å². The summed E-state index contributed by atoms with van der Waals surface area (Å²) in [7, 11) is -0.269. The highest BCUT2D eigenvalue weighted by Crippen LogP contribution is 2.38. The lowest BCUT2D eigenvalue weighted by atomic mass is 9.77. The summed E-state index contributed by atoms with van der Waals surface area (Å²) >= 11 is 0. The van der Waals surface area contributed by atoms with E-state index >= 15 is 0 Å². The van der Waals surface area contributed by atoms with Crippen LogP contribution in [0.4, 0.5) is 0 Å². The molecule has 0 spiro atoms. The van der Waals surface area contributed by atoms with Crippen LogP contribution in [-0.2, 0) is 9.31 Å². The van der Waals surface area contributed by atoms with E-state index in [4.69, 9.17) is 9.31 Å². The molecule has 0 atom stereocenters. The summed E-state index contributed by atoms with van der Waals surface area (Å²) in [5, 5.41) is 0. The molecule has 15 heavy (non-hydrogen) atoms. The van der Waals surface area contributed by atoms with E-state index in [1.807, 2.05) is 33.8 Å². The van der Waals surface area contributed by atoms with Gasteiger partial charge < -0.3 is 9.31 Å². The Bertz CT molecular complexity index is 253. The lowest BCUT2D eigenvalue weighted by Gasteiger charge is -2.32.